The summed E-state index contributed by atoms with van der Waals surface area (Å²) in [5.74, 6) is -1.77. The van der Waals surface area contributed by atoms with E-state index in [0.29, 0.717) is 11.3 Å². The minimum Gasteiger partial charge on any atom is -0.248 e. The highest BCUT2D eigenvalue weighted by atomic mass is 35.5. The Labute approximate surface area is 94.3 Å². The van der Waals surface area contributed by atoms with Crippen LogP contribution in [0.15, 0.2) is 29.1 Å². The van der Waals surface area contributed by atoms with Gasteiger partial charge in [0.1, 0.15) is 5.38 Å². The zero-order valence-electron chi connectivity index (χ0n) is 7.45. The summed E-state index contributed by atoms with van der Waals surface area (Å²) in [7, 11) is 0. The molecule has 0 bridgehead atoms. The van der Waals surface area contributed by atoms with Gasteiger partial charge in [-0.1, -0.05) is 6.07 Å². The van der Waals surface area contributed by atoms with E-state index in [0.717, 1.165) is 12.1 Å². The van der Waals surface area contributed by atoms with Crippen molar-refractivity contribution >= 4 is 22.9 Å². The van der Waals surface area contributed by atoms with Gasteiger partial charge < -0.3 is 0 Å². The molecule has 1 nitrogen and oxygen atoms in total. The first-order valence-electron chi connectivity index (χ1n) is 4.15. The maximum absolute atomic E-state index is 12.9. The van der Waals surface area contributed by atoms with Crippen LogP contribution in [0.25, 0.3) is 0 Å². The van der Waals surface area contributed by atoms with Crippen LogP contribution in [-0.4, -0.2) is 4.98 Å². The summed E-state index contributed by atoms with van der Waals surface area (Å²) in [6.07, 6.45) is 0. The molecule has 0 spiro atoms. The smallest absolute Gasteiger partial charge is 0.159 e. The molecule has 1 aromatic heterocycles. The zero-order valence-corrected chi connectivity index (χ0v) is 9.03. The molecule has 1 atom stereocenters. The van der Waals surface area contributed by atoms with Crippen LogP contribution < -0.4 is 0 Å². The Bertz CT molecular complexity index is 458. The highest BCUT2D eigenvalue weighted by molar-refractivity contribution is 7.07. The lowest BCUT2D eigenvalue weighted by atomic mass is 10.1. The normalized spacial score (nSPS) is 12.7. The topological polar surface area (TPSA) is 12.9 Å². The maximum atomic E-state index is 12.9. The Morgan fingerprint density at radius 2 is 2.07 bits per heavy atom. The van der Waals surface area contributed by atoms with Crippen molar-refractivity contribution in [3.8, 4) is 0 Å². The van der Waals surface area contributed by atoms with Crippen molar-refractivity contribution in [2.45, 2.75) is 5.38 Å². The number of hydrogen-bond acceptors (Lipinski definition) is 2. The van der Waals surface area contributed by atoms with E-state index in [-0.39, 0.29) is 0 Å². The van der Waals surface area contributed by atoms with Crippen molar-refractivity contribution in [3.05, 3.63) is 52.0 Å². The Balaban J connectivity index is 2.34. The zero-order chi connectivity index (χ0) is 10.8. The van der Waals surface area contributed by atoms with Crippen molar-refractivity contribution < 1.29 is 8.78 Å². The van der Waals surface area contributed by atoms with Crippen molar-refractivity contribution in [3.63, 3.8) is 0 Å². The van der Waals surface area contributed by atoms with E-state index >= 15 is 0 Å². The molecule has 0 amide bonds. The van der Waals surface area contributed by atoms with Crippen molar-refractivity contribution in [1.82, 2.24) is 4.98 Å². The summed E-state index contributed by atoms with van der Waals surface area (Å²) < 4.78 is 25.6. The highest BCUT2D eigenvalue weighted by Gasteiger charge is 2.14. The van der Waals surface area contributed by atoms with Crippen LogP contribution in [0.5, 0.6) is 0 Å². The molecule has 0 aliphatic rings. The summed E-state index contributed by atoms with van der Waals surface area (Å²) >= 11 is 7.46. The van der Waals surface area contributed by atoms with Crippen LogP contribution in [0, 0.1) is 11.6 Å². The number of aromatic nitrogens is 1. The van der Waals surface area contributed by atoms with Gasteiger partial charge in [0.25, 0.3) is 0 Å². The number of halogens is 3. The largest absolute Gasteiger partial charge is 0.248 e. The van der Waals surface area contributed by atoms with Crippen LogP contribution in [0.4, 0.5) is 8.78 Å². The van der Waals surface area contributed by atoms with Crippen molar-refractivity contribution in [2.75, 3.05) is 0 Å². The molecule has 1 unspecified atom stereocenters. The van der Waals surface area contributed by atoms with E-state index in [2.05, 4.69) is 4.98 Å². The fourth-order valence-corrected chi connectivity index (χ4v) is 2.10. The van der Waals surface area contributed by atoms with Gasteiger partial charge in [0.05, 0.1) is 11.2 Å². The van der Waals surface area contributed by atoms with E-state index in [9.17, 15) is 8.78 Å². The van der Waals surface area contributed by atoms with Crippen LogP contribution in [0.1, 0.15) is 16.6 Å². The number of hydrogen-bond donors (Lipinski definition) is 0. The molecular weight excluding hydrogens is 240 g/mol. The molecule has 2 rings (SSSR count). The van der Waals surface area contributed by atoms with E-state index in [1.807, 2.05) is 0 Å². The van der Waals surface area contributed by atoms with Gasteiger partial charge in [-0.15, -0.1) is 22.9 Å². The average Bonchev–Trinajstić information content (AvgIpc) is 2.74. The van der Waals surface area contributed by atoms with Gasteiger partial charge in [-0.05, 0) is 17.7 Å². The molecule has 1 aromatic carbocycles. The van der Waals surface area contributed by atoms with Gasteiger partial charge in [-0.25, -0.2) is 13.8 Å². The van der Waals surface area contributed by atoms with Crippen LogP contribution in [0.2, 0.25) is 0 Å². The van der Waals surface area contributed by atoms with Crippen molar-refractivity contribution in [2.24, 2.45) is 0 Å². The van der Waals surface area contributed by atoms with Gasteiger partial charge >= 0.3 is 0 Å². The molecule has 0 saturated carbocycles. The molecule has 1 heterocycles. The third kappa shape index (κ3) is 2.16. The molecule has 0 aliphatic carbocycles. The lowest BCUT2D eigenvalue weighted by Crippen LogP contribution is -1.95. The lowest BCUT2D eigenvalue weighted by molar-refractivity contribution is 0.507. The number of thiazole rings is 1. The van der Waals surface area contributed by atoms with Crippen LogP contribution in [-0.2, 0) is 0 Å². The van der Waals surface area contributed by atoms with E-state index in [1.165, 1.54) is 17.4 Å². The first-order valence-corrected chi connectivity index (χ1v) is 5.53. The molecule has 15 heavy (non-hydrogen) atoms. The SMILES string of the molecule is Fc1ccc(C(Cl)c2cscn2)cc1F. The molecule has 0 saturated heterocycles. The van der Waals surface area contributed by atoms with Gasteiger partial charge in [0.2, 0.25) is 0 Å². The quantitative estimate of drug-likeness (QED) is 0.735. The van der Waals surface area contributed by atoms with Gasteiger partial charge in [-0.3, -0.25) is 0 Å². The summed E-state index contributed by atoms with van der Waals surface area (Å²) in [6, 6.07) is 3.61. The van der Waals surface area contributed by atoms with E-state index in [4.69, 9.17) is 11.6 Å². The van der Waals surface area contributed by atoms with Gasteiger partial charge in [0, 0.05) is 5.38 Å². The molecule has 0 fully saturated rings. The van der Waals surface area contributed by atoms with E-state index < -0.39 is 17.0 Å². The second-order valence-corrected chi connectivity index (χ2v) is 4.10. The molecule has 0 radical (unpaired) electrons. The van der Waals surface area contributed by atoms with Gasteiger partial charge in [-0.2, -0.15) is 0 Å². The fraction of sp³-hybridized carbons (Fsp3) is 0.100. The van der Waals surface area contributed by atoms with Crippen molar-refractivity contribution in [1.29, 1.82) is 0 Å². The standard InChI is InChI=1S/C10H6ClF2NS/c11-10(9-4-15-5-14-9)6-1-2-7(12)8(13)3-6/h1-5,10H. The van der Waals surface area contributed by atoms with E-state index in [1.54, 1.807) is 10.9 Å². The molecule has 78 valence electrons. The number of alkyl halides is 1. The van der Waals surface area contributed by atoms with Gasteiger partial charge in [0.15, 0.2) is 11.6 Å². The summed E-state index contributed by atoms with van der Waals surface area (Å²) in [5, 5.41) is 1.24. The number of nitrogens with zero attached hydrogens (tertiary/aromatic N) is 1. The molecule has 0 aliphatic heterocycles. The third-order valence-electron chi connectivity index (χ3n) is 1.95. The van der Waals surface area contributed by atoms with Crippen LogP contribution >= 0.6 is 22.9 Å². The number of benzene rings is 1. The molecular formula is C10H6ClF2NS. The predicted molar refractivity (Wildman–Crippen MR) is 56.2 cm³/mol. The molecule has 0 N–H and O–H groups in total. The first kappa shape index (κ1) is 10.5. The molecule has 2 aromatic rings. The Hall–Kier alpha value is -1.00. The minimum absolute atomic E-state index is 0.501. The first-order chi connectivity index (χ1) is 7.18. The second-order valence-electron chi connectivity index (χ2n) is 2.95. The lowest BCUT2D eigenvalue weighted by Gasteiger charge is -2.06. The summed E-state index contributed by atoms with van der Waals surface area (Å²) in [6.45, 7) is 0. The summed E-state index contributed by atoms with van der Waals surface area (Å²) in [5.41, 5.74) is 2.79. The fourth-order valence-electron chi connectivity index (χ4n) is 1.19. The third-order valence-corrected chi connectivity index (χ3v) is 3.03. The Morgan fingerprint density at radius 3 is 2.67 bits per heavy atom. The minimum atomic E-state index is -0.895. The Kier molecular flexibility index (Phi) is 2.98. The highest BCUT2D eigenvalue weighted by Crippen LogP contribution is 2.29. The second kappa shape index (κ2) is 4.24. The molecule has 5 heteroatoms. The Morgan fingerprint density at radius 1 is 1.27 bits per heavy atom. The predicted octanol–water partition coefficient (Wildman–Crippen LogP) is 3.75. The average molecular weight is 246 g/mol. The maximum Gasteiger partial charge on any atom is 0.159 e. The number of rotatable bonds is 2. The summed E-state index contributed by atoms with van der Waals surface area (Å²) in [4.78, 5) is 4.02. The van der Waals surface area contributed by atoms with Crippen LogP contribution in [0.3, 0.4) is 0 Å². The monoisotopic (exact) mass is 245 g/mol.